The molecule has 3 heterocycles. The zero-order chi connectivity index (χ0) is 17.2. The van der Waals surface area contributed by atoms with E-state index in [1.165, 1.54) is 6.20 Å². The number of carbonyl (C=O) groups is 1. The number of nitrogens with one attached hydrogen (secondary N) is 1. The Hall–Kier alpha value is -2.29. The number of pyridine rings is 1. The molecule has 3 N–H and O–H groups in total. The van der Waals surface area contributed by atoms with E-state index >= 15 is 0 Å². The van der Waals surface area contributed by atoms with Gasteiger partial charge in [-0.05, 0) is 19.1 Å². The van der Waals surface area contributed by atoms with Crippen molar-refractivity contribution >= 4 is 5.91 Å². The zero-order valence-corrected chi connectivity index (χ0v) is 13.3. The average molecular weight is 332 g/mol. The number of rotatable bonds is 5. The van der Waals surface area contributed by atoms with Crippen molar-refractivity contribution in [2.45, 2.75) is 25.2 Å². The Morgan fingerprint density at radius 3 is 3.04 bits per heavy atom. The average Bonchev–Trinajstić information content (AvgIpc) is 3.09. The van der Waals surface area contributed by atoms with Crippen LogP contribution < -0.4 is 5.32 Å². The molecule has 128 valence electrons. The molecule has 0 spiro atoms. The Morgan fingerprint density at radius 1 is 1.54 bits per heavy atom. The van der Waals surface area contributed by atoms with Gasteiger partial charge in [0, 0.05) is 31.9 Å². The summed E-state index contributed by atoms with van der Waals surface area (Å²) in [6, 6.07) is 6.83. The van der Waals surface area contributed by atoms with E-state index < -0.39 is 11.7 Å². The van der Waals surface area contributed by atoms with Gasteiger partial charge in [-0.3, -0.25) is 14.7 Å². The summed E-state index contributed by atoms with van der Waals surface area (Å²) in [4.78, 5) is 17.8. The minimum Gasteiger partial charge on any atom is -0.389 e. The Balaban J connectivity index is 1.57. The fourth-order valence-corrected chi connectivity index (χ4v) is 2.81. The minimum absolute atomic E-state index is 0.0576. The summed E-state index contributed by atoms with van der Waals surface area (Å²) in [7, 11) is 0. The van der Waals surface area contributed by atoms with Crippen LogP contribution in [0.25, 0.3) is 0 Å². The maximum absolute atomic E-state index is 12.0. The fourth-order valence-electron chi connectivity index (χ4n) is 2.81. The number of β-amino-alcohol motifs (C(OH)–C–C–N with tert-alkyl or cyclic N) is 2. The minimum atomic E-state index is -1.41. The monoisotopic (exact) mass is 332 g/mol. The van der Waals surface area contributed by atoms with E-state index in [2.05, 4.69) is 15.5 Å². The van der Waals surface area contributed by atoms with Crippen molar-refractivity contribution in [2.75, 3.05) is 19.6 Å². The molecule has 2 aromatic rings. The Bertz CT molecular complexity index is 705. The molecule has 0 aliphatic carbocycles. The van der Waals surface area contributed by atoms with Crippen molar-refractivity contribution < 1.29 is 19.5 Å². The second-order valence-electron chi connectivity index (χ2n) is 6.12. The lowest BCUT2D eigenvalue weighted by atomic mass is 10.0. The molecule has 8 nitrogen and oxygen atoms in total. The third kappa shape index (κ3) is 3.61. The van der Waals surface area contributed by atoms with Gasteiger partial charge in [0.1, 0.15) is 17.1 Å². The molecule has 1 aliphatic rings. The number of aliphatic hydroxyl groups excluding tert-OH is 1. The fraction of sp³-hybridized carbons (Fsp3) is 0.438. The smallest absolute Gasteiger partial charge is 0.269 e. The highest BCUT2D eigenvalue weighted by Crippen LogP contribution is 2.23. The number of hydrogen-bond donors (Lipinski definition) is 3. The maximum Gasteiger partial charge on any atom is 0.269 e. The number of aliphatic hydroxyl groups is 2. The van der Waals surface area contributed by atoms with Crippen molar-refractivity contribution in [3.8, 4) is 0 Å². The first-order valence-electron chi connectivity index (χ1n) is 7.70. The molecular weight excluding hydrogens is 312 g/mol. The predicted molar refractivity (Wildman–Crippen MR) is 84.0 cm³/mol. The summed E-state index contributed by atoms with van der Waals surface area (Å²) >= 11 is 0. The maximum atomic E-state index is 12.0. The van der Waals surface area contributed by atoms with Gasteiger partial charge >= 0.3 is 0 Å². The molecule has 1 fully saturated rings. The first-order valence-corrected chi connectivity index (χ1v) is 7.70. The lowest BCUT2D eigenvalue weighted by Crippen LogP contribution is -2.51. The van der Waals surface area contributed by atoms with Crippen molar-refractivity contribution in [1.29, 1.82) is 0 Å². The lowest BCUT2D eigenvalue weighted by Gasteiger charge is -2.26. The van der Waals surface area contributed by atoms with Crippen LogP contribution in [0.2, 0.25) is 0 Å². The van der Waals surface area contributed by atoms with Gasteiger partial charge in [0.2, 0.25) is 0 Å². The lowest BCUT2D eigenvalue weighted by molar-refractivity contribution is -0.0377. The van der Waals surface area contributed by atoms with Crippen molar-refractivity contribution in [3.05, 3.63) is 47.6 Å². The van der Waals surface area contributed by atoms with Crippen LogP contribution in [0.15, 0.2) is 35.0 Å². The first-order chi connectivity index (χ1) is 11.5. The number of likely N-dealkylation sites (tertiary alicyclic amines) is 1. The number of aryl methyl sites for hydroxylation is 1. The van der Waals surface area contributed by atoms with Crippen LogP contribution in [0.3, 0.4) is 0 Å². The van der Waals surface area contributed by atoms with Crippen LogP contribution in [0.5, 0.6) is 0 Å². The Morgan fingerprint density at radius 2 is 2.38 bits per heavy atom. The molecule has 3 rings (SSSR count). The normalized spacial score (nSPS) is 24.2. The summed E-state index contributed by atoms with van der Waals surface area (Å²) in [5.41, 5.74) is -0.409. The SMILES string of the molecule is Cc1cc(CN2C[C@@H](O)[C@](O)(CNC(=O)c3ccccn3)C2)no1. The molecule has 24 heavy (non-hydrogen) atoms. The van der Waals surface area contributed by atoms with Crippen LogP contribution >= 0.6 is 0 Å². The largest absolute Gasteiger partial charge is 0.389 e. The van der Waals surface area contributed by atoms with Crippen molar-refractivity contribution in [2.24, 2.45) is 0 Å². The van der Waals surface area contributed by atoms with Gasteiger partial charge in [-0.15, -0.1) is 0 Å². The molecular formula is C16H20N4O4. The van der Waals surface area contributed by atoms with Crippen LogP contribution in [-0.4, -0.2) is 62.5 Å². The number of aromatic nitrogens is 2. The molecule has 8 heteroatoms. The van der Waals surface area contributed by atoms with Gasteiger partial charge in [0.25, 0.3) is 5.91 Å². The molecule has 0 radical (unpaired) electrons. The van der Waals surface area contributed by atoms with Crippen LogP contribution in [-0.2, 0) is 6.54 Å². The topological polar surface area (TPSA) is 112 Å². The van der Waals surface area contributed by atoms with Gasteiger partial charge in [0.05, 0.1) is 18.3 Å². The molecule has 1 saturated heterocycles. The summed E-state index contributed by atoms with van der Waals surface area (Å²) in [6.45, 7) is 2.73. The van der Waals surface area contributed by atoms with Crippen molar-refractivity contribution in [1.82, 2.24) is 20.4 Å². The summed E-state index contributed by atoms with van der Waals surface area (Å²) in [5, 5.41) is 27.4. The van der Waals surface area contributed by atoms with E-state index in [1.807, 2.05) is 11.0 Å². The standard InChI is InChI=1S/C16H20N4O4/c1-11-6-12(19-24-11)7-20-8-14(21)16(23,10-20)9-18-15(22)13-4-2-3-5-17-13/h2-6,14,21,23H,7-10H2,1H3,(H,18,22)/t14-,16+/m1/s1. The van der Waals surface area contributed by atoms with Gasteiger partial charge in [-0.2, -0.15) is 0 Å². The van der Waals surface area contributed by atoms with Gasteiger partial charge in [0.15, 0.2) is 0 Å². The highest BCUT2D eigenvalue weighted by molar-refractivity contribution is 5.92. The second-order valence-corrected chi connectivity index (χ2v) is 6.12. The van der Waals surface area contributed by atoms with E-state index in [0.717, 1.165) is 5.69 Å². The quantitative estimate of drug-likeness (QED) is 0.690. The first kappa shape index (κ1) is 16.6. The van der Waals surface area contributed by atoms with E-state index in [4.69, 9.17) is 4.52 Å². The van der Waals surface area contributed by atoms with Gasteiger partial charge < -0.3 is 20.1 Å². The highest BCUT2D eigenvalue weighted by Gasteiger charge is 2.44. The molecule has 0 unspecified atom stereocenters. The zero-order valence-electron chi connectivity index (χ0n) is 13.3. The van der Waals surface area contributed by atoms with E-state index in [1.54, 1.807) is 25.1 Å². The number of carbonyl (C=O) groups excluding carboxylic acids is 1. The Labute approximate surface area is 139 Å². The summed E-state index contributed by atoms with van der Waals surface area (Å²) < 4.78 is 5.02. The summed E-state index contributed by atoms with van der Waals surface area (Å²) in [5.74, 6) is 0.324. The van der Waals surface area contributed by atoms with Crippen LogP contribution in [0.1, 0.15) is 21.9 Å². The molecule has 2 aromatic heterocycles. The highest BCUT2D eigenvalue weighted by atomic mass is 16.5. The number of hydrogen-bond acceptors (Lipinski definition) is 7. The Kier molecular flexibility index (Phi) is 4.61. The number of amides is 1. The van der Waals surface area contributed by atoms with Gasteiger partial charge in [-0.25, -0.2) is 0 Å². The van der Waals surface area contributed by atoms with E-state index in [9.17, 15) is 15.0 Å². The van der Waals surface area contributed by atoms with E-state index in [0.29, 0.717) is 18.8 Å². The molecule has 1 aliphatic heterocycles. The van der Waals surface area contributed by atoms with Crippen LogP contribution in [0.4, 0.5) is 0 Å². The number of nitrogens with zero attached hydrogens (tertiary/aromatic N) is 3. The summed E-state index contributed by atoms with van der Waals surface area (Å²) in [6.07, 6.45) is 0.560. The van der Waals surface area contributed by atoms with E-state index in [-0.39, 0.29) is 24.7 Å². The third-order valence-corrected chi connectivity index (χ3v) is 4.06. The molecule has 0 aromatic carbocycles. The predicted octanol–water partition coefficient (Wildman–Crippen LogP) is -0.284. The molecule has 0 saturated carbocycles. The molecule has 0 bridgehead atoms. The van der Waals surface area contributed by atoms with Crippen molar-refractivity contribution in [3.63, 3.8) is 0 Å². The third-order valence-electron chi connectivity index (χ3n) is 4.06. The molecule has 1 amide bonds. The van der Waals surface area contributed by atoms with Gasteiger partial charge in [-0.1, -0.05) is 11.2 Å². The molecule has 2 atom stereocenters. The van der Waals surface area contributed by atoms with Crippen LogP contribution in [0, 0.1) is 6.92 Å². The second kappa shape index (κ2) is 6.68.